The second-order valence-corrected chi connectivity index (χ2v) is 8.49. The number of rotatable bonds is 6. The van der Waals surface area contributed by atoms with Crippen molar-refractivity contribution in [1.29, 1.82) is 0 Å². The maximum atomic E-state index is 12.6. The number of aryl methyl sites for hydroxylation is 2. The second-order valence-electron chi connectivity index (χ2n) is 8.49. The summed E-state index contributed by atoms with van der Waals surface area (Å²) in [7, 11) is 0. The summed E-state index contributed by atoms with van der Waals surface area (Å²) >= 11 is 0. The Balaban J connectivity index is 1.23. The van der Waals surface area contributed by atoms with Gasteiger partial charge in [0.15, 0.2) is 11.5 Å². The maximum Gasteiger partial charge on any atom is 0.573 e. The SMILES string of the molecule is Cc1ccc(-c2nonc2NC(=O)Nc2ccc(-c3ncn(-c4ccc(OC(F)(F)F)cc4)n3)cc2)c(C)c1. The number of carbonyl (C=O) groups is 1. The van der Waals surface area contributed by atoms with Crippen LogP contribution in [0.2, 0.25) is 0 Å². The molecule has 0 atom stereocenters. The molecule has 39 heavy (non-hydrogen) atoms. The molecule has 2 N–H and O–H groups in total. The molecular formula is C26H20F3N7O3. The molecule has 0 unspecified atom stereocenters. The third-order valence-electron chi connectivity index (χ3n) is 5.59. The number of nitrogens with one attached hydrogen (secondary N) is 2. The van der Waals surface area contributed by atoms with Gasteiger partial charge in [-0.25, -0.2) is 19.1 Å². The normalized spacial score (nSPS) is 11.3. The molecular weight excluding hydrogens is 515 g/mol. The van der Waals surface area contributed by atoms with E-state index >= 15 is 0 Å². The number of benzene rings is 3. The van der Waals surface area contributed by atoms with Gasteiger partial charge >= 0.3 is 12.4 Å². The van der Waals surface area contributed by atoms with Crippen LogP contribution in [0.4, 0.5) is 29.5 Å². The largest absolute Gasteiger partial charge is 0.573 e. The Morgan fingerprint density at radius 2 is 1.69 bits per heavy atom. The number of ether oxygens (including phenoxy) is 1. The smallest absolute Gasteiger partial charge is 0.406 e. The van der Waals surface area contributed by atoms with Crippen molar-refractivity contribution in [3.8, 4) is 34.1 Å². The van der Waals surface area contributed by atoms with Crippen molar-refractivity contribution in [3.63, 3.8) is 0 Å². The molecule has 0 radical (unpaired) electrons. The average Bonchev–Trinajstić information content (AvgIpc) is 3.54. The van der Waals surface area contributed by atoms with Gasteiger partial charge in [-0.2, -0.15) is 0 Å². The molecule has 2 amide bonds. The summed E-state index contributed by atoms with van der Waals surface area (Å²) in [5, 5.41) is 17.5. The van der Waals surface area contributed by atoms with Crippen molar-refractivity contribution in [1.82, 2.24) is 25.1 Å². The molecule has 0 saturated carbocycles. The van der Waals surface area contributed by atoms with Gasteiger partial charge in [0.25, 0.3) is 0 Å². The number of halogens is 3. The van der Waals surface area contributed by atoms with E-state index in [0.29, 0.717) is 28.5 Å². The predicted octanol–water partition coefficient (Wildman–Crippen LogP) is 6.14. The number of urea groups is 1. The minimum Gasteiger partial charge on any atom is -0.406 e. The van der Waals surface area contributed by atoms with Gasteiger partial charge in [0, 0.05) is 16.8 Å². The Bertz CT molecular complexity index is 1610. The zero-order valence-corrected chi connectivity index (χ0v) is 20.5. The monoisotopic (exact) mass is 535 g/mol. The molecule has 198 valence electrons. The van der Waals surface area contributed by atoms with Crippen molar-refractivity contribution in [3.05, 3.63) is 84.2 Å². The van der Waals surface area contributed by atoms with E-state index in [1.165, 1.54) is 35.3 Å². The van der Waals surface area contributed by atoms with Gasteiger partial charge in [-0.15, -0.1) is 18.3 Å². The lowest BCUT2D eigenvalue weighted by Gasteiger charge is -2.09. The van der Waals surface area contributed by atoms with E-state index in [2.05, 4.69) is 35.8 Å². The summed E-state index contributed by atoms with van der Waals surface area (Å²) in [4.78, 5) is 16.8. The highest BCUT2D eigenvalue weighted by atomic mass is 19.4. The fraction of sp³-hybridized carbons (Fsp3) is 0.115. The van der Waals surface area contributed by atoms with Crippen LogP contribution >= 0.6 is 0 Å². The van der Waals surface area contributed by atoms with Crippen LogP contribution in [-0.4, -0.2) is 37.5 Å². The van der Waals surface area contributed by atoms with Crippen molar-refractivity contribution < 1.29 is 27.3 Å². The minimum atomic E-state index is -4.76. The maximum absolute atomic E-state index is 12.6. The van der Waals surface area contributed by atoms with Crippen LogP contribution in [0.25, 0.3) is 28.3 Å². The summed E-state index contributed by atoms with van der Waals surface area (Å²) in [6.45, 7) is 3.92. The van der Waals surface area contributed by atoms with Crippen LogP contribution in [0.1, 0.15) is 11.1 Å². The molecule has 0 bridgehead atoms. The van der Waals surface area contributed by atoms with Crippen LogP contribution in [0.15, 0.2) is 77.7 Å². The van der Waals surface area contributed by atoms with Crippen molar-refractivity contribution in [2.45, 2.75) is 20.2 Å². The number of alkyl halides is 3. The van der Waals surface area contributed by atoms with Gasteiger partial charge in [0.1, 0.15) is 12.1 Å². The number of anilines is 2. The first kappa shape index (κ1) is 25.4. The van der Waals surface area contributed by atoms with E-state index in [4.69, 9.17) is 4.63 Å². The third kappa shape index (κ3) is 6.04. The molecule has 0 fully saturated rings. The Labute approximate surface area is 219 Å². The van der Waals surface area contributed by atoms with E-state index in [0.717, 1.165) is 16.7 Å². The predicted molar refractivity (Wildman–Crippen MR) is 135 cm³/mol. The molecule has 13 heteroatoms. The Morgan fingerprint density at radius 3 is 2.38 bits per heavy atom. The molecule has 0 aliphatic rings. The number of nitrogens with zero attached hydrogens (tertiary/aromatic N) is 5. The lowest BCUT2D eigenvalue weighted by Crippen LogP contribution is -2.20. The molecule has 0 saturated heterocycles. The Morgan fingerprint density at radius 1 is 0.949 bits per heavy atom. The molecule has 0 spiro atoms. The third-order valence-corrected chi connectivity index (χ3v) is 5.59. The molecule has 0 aliphatic carbocycles. The number of amides is 2. The van der Waals surface area contributed by atoms with Crippen LogP contribution < -0.4 is 15.4 Å². The quantitative estimate of drug-likeness (QED) is 0.268. The van der Waals surface area contributed by atoms with Gasteiger partial charge < -0.3 is 10.1 Å². The molecule has 10 nitrogen and oxygen atoms in total. The van der Waals surface area contributed by atoms with Gasteiger partial charge in [0.05, 0.1) is 5.69 Å². The zero-order valence-electron chi connectivity index (χ0n) is 20.5. The van der Waals surface area contributed by atoms with Crippen LogP contribution in [0.3, 0.4) is 0 Å². The second kappa shape index (κ2) is 10.3. The van der Waals surface area contributed by atoms with E-state index in [1.807, 2.05) is 32.0 Å². The van der Waals surface area contributed by atoms with Crippen molar-refractivity contribution in [2.75, 3.05) is 10.6 Å². The average molecular weight is 535 g/mol. The molecule has 2 aromatic heterocycles. The summed E-state index contributed by atoms with van der Waals surface area (Å²) in [6, 6.07) is 17.3. The standard InChI is InChI=1S/C26H20F3N7O3/c1-15-3-12-21(16(2)13-15)22-24(35-39-34-22)32-25(37)31-18-6-4-17(5-7-18)23-30-14-36(33-23)19-8-10-20(11-9-19)38-26(27,28)29/h3-14H,1-2H3,(H2,31,32,35,37). The topological polar surface area (TPSA) is 120 Å². The fourth-order valence-corrected chi connectivity index (χ4v) is 3.82. The fourth-order valence-electron chi connectivity index (χ4n) is 3.82. The van der Waals surface area contributed by atoms with Gasteiger partial charge in [-0.3, -0.25) is 5.32 Å². The molecule has 5 rings (SSSR count). The number of hydrogen-bond acceptors (Lipinski definition) is 7. The van der Waals surface area contributed by atoms with E-state index in [-0.39, 0.29) is 11.6 Å². The van der Waals surface area contributed by atoms with Crippen molar-refractivity contribution in [2.24, 2.45) is 0 Å². The van der Waals surface area contributed by atoms with Crippen molar-refractivity contribution >= 4 is 17.5 Å². The molecule has 5 aromatic rings. The van der Waals surface area contributed by atoms with Crippen LogP contribution in [-0.2, 0) is 0 Å². The first-order chi connectivity index (χ1) is 18.6. The first-order valence-corrected chi connectivity index (χ1v) is 11.5. The number of carbonyl (C=O) groups excluding carboxylic acids is 1. The highest BCUT2D eigenvalue weighted by Crippen LogP contribution is 2.28. The zero-order chi connectivity index (χ0) is 27.6. The lowest BCUT2D eigenvalue weighted by molar-refractivity contribution is -0.274. The molecule has 3 aromatic carbocycles. The highest BCUT2D eigenvalue weighted by Gasteiger charge is 2.31. The van der Waals surface area contributed by atoms with E-state index in [9.17, 15) is 18.0 Å². The number of hydrogen-bond donors (Lipinski definition) is 2. The summed E-state index contributed by atoms with van der Waals surface area (Å²) in [5.74, 6) is 0.234. The highest BCUT2D eigenvalue weighted by molar-refractivity contribution is 6.01. The molecule has 0 aliphatic heterocycles. The lowest BCUT2D eigenvalue weighted by atomic mass is 10.0. The minimum absolute atomic E-state index is 0.184. The van der Waals surface area contributed by atoms with Crippen LogP contribution in [0, 0.1) is 13.8 Å². The summed E-state index contributed by atoms with van der Waals surface area (Å²) < 4.78 is 47.2. The van der Waals surface area contributed by atoms with Gasteiger partial charge in [-0.1, -0.05) is 23.8 Å². The first-order valence-electron chi connectivity index (χ1n) is 11.5. The van der Waals surface area contributed by atoms with Crippen LogP contribution in [0.5, 0.6) is 5.75 Å². The Hall–Kier alpha value is -5.20. The van der Waals surface area contributed by atoms with E-state index in [1.54, 1.807) is 24.3 Å². The Kier molecular flexibility index (Phi) is 6.71. The van der Waals surface area contributed by atoms with E-state index < -0.39 is 12.4 Å². The van der Waals surface area contributed by atoms with Gasteiger partial charge in [-0.05, 0) is 78.3 Å². The molecule has 2 heterocycles. The summed E-state index contributed by atoms with van der Waals surface area (Å²) in [6.07, 6.45) is -3.33. The van der Waals surface area contributed by atoms with Gasteiger partial charge in [0.2, 0.25) is 5.82 Å². The summed E-state index contributed by atoms with van der Waals surface area (Å²) in [5.41, 5.74) is 4.93. The number of aromatic nitrogens is 5.